The van der Waals surface area contributed by atoms with Crippen LogP contribution in [0.1, 0.15) is 12.0 Å². The van der Waals surface area contributed by atoms with Crippen LogP contribution >= 0.6 is 0 Å². The standard InChI is InChI=1S/C15H20N4O2/c1-11-9-14-12(10-15(11)19(20)21)13(5-7-17-14)16-6-4-8-18(2)3/h5,7,9-10H,4,6,8H2,1-3H3,(H,16,17). The van der Waals surface area contributed by atoms with Crippen LogP contribution in [-0.4, -0.2) is 42.0 Å². The number of nitro benzene ring substituents is 1. The number of hydrogen-bond acceptors (Lipinski definition) is 5. The Morgan fingerprint density at radius 1 is 1.38 bits per heavy atom. The van der Waals surface area contributed by atoms with Gasteiger partial charge in [0.05, 0.1) is 10.4 Å². The summed E-state index contributed by atoms with van der Waals surface area (Å²) in [5, 5.41) is 15.2. The molecule has 2 aromatic rings. The number of fused-ring (bicyclic) bond motifs is 1. The minimum atomic E-state index is -0.350. The molecule has 2 rings (SSSR count). The first kappa shape index (κ1) is 15.2. The molecule has 1 aromatic carbocycles. The number of nitrogens with one attached hydrogen (secondary N) is 1. The van der Waals surface area contributed by atoms with E-state index in [1.54, 1.807) is 25.3 Å². The van der Waals surface area contributed by atoms with Crippen molar-refractivity contribution >= 4 is 22.3 Å². The molecule has 0 bridgehead atoms. The summed E-state index contributed by atoms with van der Waals surface area (Å²) in [6, 6.07) is 5.22. The summed E-state index contributed by atoms with van der Waals surface area (Å²) in [5.41, 5.74) is 2.43. The van der Waals surface area contributed by atoms with Gasteiger partial charge < -0.3 is 10.2 Å². The molecule has 1 aromatic heterocycles. The molecule has 0 unspecified atom stereocenters. The zero-order chi connectivity index (χ0) is 15.4. The number of nitrogens with zero attached hydrogens (tertiary/aromatic N) is 3. The third-order valence-corrected chi connectivity index (χ3v) is 3.35. The Hall–Kier alpha value is -2.21. The van der Waals surface area contributed by atoms with Gasteiger partial charge in [0.2, 0.25) is 0 Å². The average molecular weight is 288 g/mol. The quantitative estimate of drug-likeness (QED) is 0.503. The van der Waals surface area contributed by atoms with Crippen molar-refractivity contribution in [2.24, 2.45) is 0 Å². The van der Waals surface area contributed by atoms with Crippen LogP contribution in [0.5, 0.6) is 0 Å². The van der Waals surface area contributed by atoms with Crippen LogP contribution in [0.25, 0.3) is 10.9 Å². The van der Waals surface area contributed by atoms with Crippen molar-refractivity contribution in [2.45, 2.75) is 13.3 Å². The Kier molecular flexibility index (Phi) is 4.70. The maximum absolute atomic E-state index is 11.1. The average Bonchev–Trinajstić information content (AvgIpc) is 2.42. The van der Waals surface area contributed by atoms with Crippen LogP contribution in [0.2, 0.25) is 0 Å². The monoisotopic (exact) mass is 288 g/mol. The van der Waals surface area contributed by atoms with Crippen LogP contribution in [0.15, 0.2) is 24.4 Å². The predicted molar refractivity (Wildman–Crippen MR) is 84.8 cm³/mol. The topological polar surface area (TPSA) is 71.3 Å². The van der Waals surface area contributed by atoms with E-state index in [0.717, 1.165) is 36.1 Å². The Morgan fingerprint density at radius 3 is 2.81 bits per heavy atom. The van der Waals surface area contributed by atoms with E-state index in [-0.39, 0.29) is 10.6 Å². The van der Waals surface area contributed by atoms with E-state index >= 15 is 0 Å². The molecule has 0 radical (unpaired) electrons. The van der Waals surface area contributed by atoms with Crippen LogP contribution in [0.4, 0.5) is 11.4 Å². The Morgan fingerprint density at radius 2 is 2.14 bits per heavy atom. The fourth-order valence-corrected chi connectivity index (χ4v) is 2.25. The highest BCUT2D eigenvalue weighted by Crippen LogP contribution is 2.28. The fraction of sp³-hybridized carbons (Fsp3) is 0.400. The molecular weight excluding hydrogens is 268 g/mol. The molecule has 6 heteroatoms. The fourth-order valence-electron chi connectivity index (χ4n) is 2.25. The number of benzene rings is 1. The molecule has 0 aliphatic heterocycles. The largest absolute Gasteiger partial charge is 0.384 e. The predicted octanol–water partition coefficient (Wildman–Crippen LogP) is 2.82. The van der Waals surface area contributed by atoms with Gasteiger partial charge in [-0.2, -0.15) is 0 Å². The third kappa shape index (κ3) is 3.66. The van der Waals surface area contributed by atoms with Gasteiger partial charge in [-0.05, 0) is 46.1 Å². The normalized spacial score (nSPS) is 11.0. The molecular formula is C15H20N4O2. The first-order valence-corrected chi connectivity index (χ1v) is 6.91. The van der Waals surface area contributed by atoms with Crippen molar-refractivity contribution in [3.05, 3.63) is 40.1 Å². The molecule has 0 spiro atoms. The summed E-state index contributed by atoms with van der Waals surface area (Å²) in [6.45, 7) is 3.55. The molecule has 0 amide bonds. The van der Waals surface area contributed by atoms with Crippen molar-refractivity contribution in [1.82, 2.24) is 9.88 Å². The molecule has 1 N–H and O–H groups in total. The van der Waals surface area contributed by atoms with E-state index in [9.17, 15) is 10.1 Å². The van der Waals surface area contributed by atoms with Gasteiger partial charge in [-0.25, -0.2) is 0 Å². The maximum Gasteiger partial charge on any atom is 0.273 e. The lowest BCUT2D eigenvalue weighted by molar-refractivity contribution is -0.385. The minimum Gasteiger partial charge on any atom is -0.384 e. The Bertz CT molecular complexity index is 655. The lowest BCUT2D eigenvalue weighted by atomic mass is 10.1. The molecule has 0 saturated carbocycles. The second kappa shape index (κ2) is 6.49. The molecule has 0 saturated heterocycles. The highest BCUT2D eigenvalue weighted by atomic mass is 16.6. The number of anilines is 1. The molecule has 0 aliphatic rings. The van der Waals surface area contributed by atoms with Crippen LogP contribution < -0.4 is 5.32 Å². The second-order valence-electron chi connectivity index (χ2n) is 5.36. The Balaban J connectivity index is 2.27. The molecule has 112 valence electrons. The molecule has 0 aliphatic carbocycles. The van der Waals surface area contributed by atoms with Gasteiger partial charge >= 0.3 is 0 Å². The third-order valence-electron chi connectivity index (χ3n) is 3.35. The van der Waals surface area contributed by atoms with E-state index < -0.39 is 0 Å². The highest BCUT2D eigenvalue weighted by Gasteiger charge is 2.13. The number of rotatable bonds is 6. The summed E-state index contributed by atoms with van der Waals surface area (Å²) in [6.07, 6.45) is 2.73. The van der Waals surface area contributed by atoms with Crippen molar-refractivity contribution in [3.8, 4) is 0 Å². The number of aryl methyl sites for hydroxylation is 1. The van der Waals surface area contributed by atoms with Crippen LogP contribution in [0, 0.1) is 17.0 Å². The van der Waals surface area contributed by atoms with Crippen LogP contribution in [-0.2, 0) is 0 Å². The van der Waals surface area contributed by atoms with Gasteiger partial charge in [-0.15, -0.1) is 0 Å². The van der Waals surface area contributed by atoms with Crippen molar-refractivity contribution in [2.75, 3.05) is 32.5 Å². The molecule has 0 fully saturated rings. The minimum absolute atomic E-state index is 0.131. The second-order valence-corrected chi connectivity index (χ2v) is 5.36. The molecule has 1 heterocycles. The van der Waals surface area contributed by atoms with Crippen molar-refractivity contribution in [1.29, 1.82) is 0 Å². The van der Waals surface area contributed by atoms with Crippen LogP contribution in [0.3, 0.4) is 0 Å². The van der Waals surface area contributed by atoms with E-state index in [2.05, 4.69) is 15.2 Å². The van der Waals surface area contributed by atoms with Crippen molar-refractivity contribution in [3.63, 3.8) is 0 Å². The zero-order valence-corrected chi connectivity index (χ0v) is 12.6. The SMILES string of the molecule is Cc1cc2nccc(NCCCN(C)C)c2cc1[N+](=O)[O-]. The first-order valence-electron chi connectivity index (χ1n) is 6.91. The van der Waals surface area contributed by atoms with E-state index in [0.29, 0.717) is 5.56 Å². The number of aromatic nitrogens is 1. The number of nitro groups is 1. The molecule has 6 nitrogen and oxygen atoms in total. The van der Waals surface area contributed by atoms with Gasteiger partial charge in [-0.1, -0.05) is 0 Å². The van der Waals surface area contributed by atoms with Gasteiger partial charge in [0, 0.05) is 35.4 Å². The van der Waals surface area contributed by atoms with Gasteiger partial charge in [-0.3, -0.25) is 15.1 Å². The number of pyridine rings is 1. The first-order chi connectivity index (χ1) is 9.99. The van der Waals surface area contributed by atoms with Crippen molar-refractivity contribution < 1.29 is 4.92 Å². The van der Waals surface area contributed by atoms with Gasteiger partial charge in [0.1, 0.15) is 0 Å². The summed E-state index contributed by atoms with van der Waals surface area (Å²) in [7, 11) is 4.07. The molecule has 21 heavy (non-hydrogen) atoms. The Labute approximate surface area is 123 Å². The van der Waals surface area contributed by atoms with Gasteiger partial charge in [0.15, 0.2) is 0 Å². The van der Waals surface area contributed by atoms with Gasteiger partial charge in [0.25, 0.3) is 5.69 Å². The van der Waals surface area contributed by atoms with E-state index in [1.165, 1.54) is 0 Å². The summed E-state index contributed by atoms with van der Waals surface area (Å²) in [5.74, 6) is 0. The maximum atomic E-state index is 11.1. The summed E-state index contributed by atoms with van der Waals surface area (Å²) >= 11 is 0. The summed E-state index contributed by atoms with van der Waals surface area (Å²) in [4.78, 5) is 17.1. The zero-order valence-electron chi connectivity index (χ0n) is 12.6. The summed E-state index contributed by atoms with van der Waals surface area (Å²) < 4.78 is 0. The lowest BCUT2D eigenvalue weighted by Crippen LogP contribution is -2.16. The van der Waals surface area contributed by atoms with E-state index in [1.807, 2.05) is 20.2 Å². The molecule has 0 atom stereocenters. The highest BCUT2D eigenvalue weighted by molar-refractivity contribution is 5.93. The number of hydrogen-bond donors (Lipinski definition) is 1. The lowest BCUT2D eigenvalue weighted by Gasteiger charge is -2.12. The smallest absolute Gasteiger partial charge is 0.273 e. The van der Waals surface area contributed by atoms with E-state index in [4.69, 9.17) is 0 Å².